The van der Waals surface area contributed by atoms with Gasteiger partial charge >= 0.3 is 12.3 Å². The van der Waals surface area contributed by atoms with Gasteiger partial charge in [0.2, 0.25) is 0 Å². The van der Waals surface area contributed by atoms with Crippen LogP contribution in [0.5, 0.6) is 0 Å². The van der Waals surface area contributed by atoms with E-state index in [4.69, 9.17) is 4.74 Å². The molecule has 17 heavy (non-hydrogen) atoms. The van der Waals surface area contributed by atoms with Gasteiger partial charge in [-0.2, -0.15) is 13.2 Å². The summed E-state index contributed by atoms with van der Waals surface area (Å²) in [5, 5.41) is 0. The number of hydrogen-bond acceptors (Lipinski definition) is 3. The number of carbonyl (C=O) groups excluding carboxylic acids is 1. The SMILES string of the molecule is CCOC(=O)c1ccc(N(C)C(F)(F)F)cc1. The second kappa shape index (κ2) is 5.07. The third-order valence-corrected chi connectivity index (χ3v) is 2.15. The molecule has 1 aromatic carbocycles. The molecule has 0 aliphatic carbocycles. The Balaban J connectivity index is 2.85. The minimum Gasteiger partial charge on any atom is -0.462 e. The van der Waals surface area contributed by atoms with Crippen molar-refractivity contribution in [3.05, 3.63) is 29.8 Å². The molecule has 0 bridgehead atoms. The number of hydrogen-bond donors (Lipinski definition) is 0. The van der Waals surface area contributed by atoms with Crippen molar-refractivity contribution in [1.29, 1.82) is 0 Å². The lowest BCUT2D eigenvalue weighted by Gasteiger charge is -2.22. The van der Waals surface area contributed by atoms with Crippen molar-refractivity contribution in [2.75, 3.05) is 18.6 Å². The molecular weight excluding hydrogens is 235 g/mol. The van der Waals surface area contributed by atoms with E-state index < -0.39 is 12.3 Å². The molecule has 0 heterocycles. The highest BCUT2D eigenvalue weighted by molar-refractivity contribution is 5.89. The number of rotatable bonds is 3. The van der Waals surface area contributed by atoms with Crippen molar-refractivity contribution in [3.63, 3.8) is 0 Å². The number of nitrogens with zero attached hydrogens (tertiary/aromatic N) is 1. The van der Waals surface area contributed by atoms with Gasteiger partial charge in [0.25, 0.3) is 0 Å². The molecule has 0 aliphatic rings. The maximum Gasteiger partial charge on any atom is 0.484 e. The topological polar surface area (TPSA) is 29.5 Å². The summed E-state index contributed by atoms with van der Waals surface area (Å²) >= 11 is 0. The molecule has 0 spiro atoms. The maximum atomic E-state index is 12.3. The monoisotopic (exact) mass is 247 g/mol. The summed E-state index contributed by atoms with van der Waals surface area (Å²) in [5.41, 5.74) is 0.191. The number of anilines is 1. The highest BCUT2D eigenvalue weighted by Gasteiger charge is 2.34. The molecule has 0 unspecified atom stereocenters. The van der Waals surface area contributed by atoms with Gasteiger partial charge in [-0.3, -0.25) is 4.90 Å². The number of carbonyl (C=O) groups is 1. The van der Waals surface area contributed by atoms with E-state index >= 15 is 0 Å². The van der Waals surface area contributed by atoms with Gasteiger partial charge < -0.3 is 4.74 Å². The van der Waals surface area contributed by atoms with Gasteiger partial charge in [-0.1, -0.05) is 0 Å². The second-order valence-corrected chi connectivity index (χ2v) is 3.29. The summed E-state index contributed by atoms with van der Waals surface area (Å²) in [4.78, 5) is 11.4. The predicted molar refractivity (Wildman–Crippen MR) is 56.9 cm³/mol. The van der Waals surface area contributed by atoms with E-state index in [-0.39, 0.29) is 22.8 Å². The van der Waals surface area contributed by atoms with Gasteiger partial charge in [0.05, 0.1) is 12.2 Å². The summed E-state index contributed by atoms with van der Waals surface area (Å²) in [6, 6.07) is 5.05. The van der Waals surface area contributed by atoms with E-state index in [1.54, 1.807) is 6.92 Å². The minimum absolute atomic E-state index is 0.0365. The summed E-state index contributed by atoms with van der Waals surface area (Å²) in [6.07, 6.45) is -4.44. The molecule has 0 saturated heterocycles. The Morgan fingerprint density at radius 1 is 1.29 bits per heavy atom. The van der Waals surface area contributed by atoms with Gasteiger partial charge in [0.1, 0.15) is 0 Å². The zero-order chi connectivity index (χ0) is 13.1. The fraction of sp³-hybridized carbons (Fsp3) is 0.364. The summed E-state index contributed by atoms with van der Waals surface area (Å²) in [7, 11) is 0.916. The smallest absolute Gasteiger partial charge is 0.462 e. The molecule has 0 saturated carbocycles. The van der Waals surface area contributed by atoms with Crippen molar-refractivity contribution < 1.29 is 22.7 Å². The van der Waals surface area contributed by atoms with Crippen LogP contribution in [0.2, 0.25) is 0 Å². The third-order valence-electron chi connectivity index (χ3n) is 2.15. The van der Waals surface area contributed by atoms with Gasteiger partial charge in [-0.05, 0) is 31.2 Å². The maximum absolute atomic E-state index is 12.3. The molecule has 3 nitrogen and oxygen atoms in total. The number of benzene rings is 1. The third kappa shape index (κ3) is 3.37. The molecule has 0 aliphatic heterocycles. The Morgan fingerprint density at radius 2 is 1.82 bits per heavy atom. The molecule has 0 fully saturated rings. The molecule has 1 rings (SSSR count). The van der Waals surface area contributed by atoms with Crippen LogP contribution < -0.4 is 4.90 Å². The van der Waals surface area contributed by atoms with E-state index in [1.165, 1.54) is 24.3 Å². The standard InChI is InChI=1S/C11H12F3NO2/c1-3-17-10(16)8-4-6-9(7-5-8)15(2)11(12,13)14/h4-7H,3H2,1-2H3. The van der Waals surface area contributed by atoms with Crippen LogP contribution in [0.4, 0.5) is 18.9 Å². The van der Waals surface area contributed by atoms with Gasteiger partial charge in [-0.25, -0.2) is 4.79 Å². The molecule has 94 valence electrons. The lowest BCUT2D eigenvalue weighted by molar-refractivity contribution is -0.125. The van der Waals surface area contributed by atoms with Gasteiger partial charge in [-0.15, -0.1) is 0 Å². The fourth-order valence-corrected chi connectivity index (χ4v) is 1.18. The van der Waals surface area contributed by atoms with Crippen LogP contribution in [0.15, 0.2) is 24.3 Å². The molecule has 1 aromatic rings. The largest absolute Gasteiger partial charge is 0.484 e. The molecule has 0 amide bonds. The number of esters is 1. The van der Waals surface area contributed by atoms with Crippen LogP contribution in [-0.4, -0.2) is 25.9 Å². The first-order valence-corrected chi connectivity index (χ1v) is 4.94. The van der Waals surface area contributed by atoms with Crippen LogP contribution in [0.3, 0.4) is 0 Å². The van der Waals surface area contributed by atoms with Gasteiger partial charge in [0, 0.05) is 12.7 Å². The Morgan fingerprint density at radius 3 is 2.24 bits per heavy atom. The number of ether oxygens (including phenoxy) is 1. The van der Waals surface area contributed by atoms with E-state index in [2.05, 4.69) is 0 Å². The zero-order valence-corrected chi connectivity index (χ0v) is 9.41. The van der Waals surface area contributed by atoms with Crippen LogP contribution in [0.1, 0.15) is 17.3 Å². The highest BCUT2D eigenvalue weighted by Crippen LogP contribution is 2.26. The Kier molecular flexibility index (Phi) is 3.98. The average Bonchev–Trinajstić information content (AvgIpc) is 2.27. The summed E-state index contributed by atoms with van der Waals surface area (Å²) in [6.45, 7) is 1.88. The number of halogens is 3. The van der Waals surface area contributed by atoms with Crippen molar-refractivity contribution in [2.24, 2.45) is 0 Å². The van der Waals surface area contributed by atoms with Crippen LogP contribution >= 0.6 is 0 Å². The Bertz CT molecular complexity index is 387. The van der Waals surface area contributed by atoms with Crippen molar-refractivity contribution in [3.8, 4) is 0 Å². The number of alkyl halides is 3. The van der Waals surface area contributed by atoms with Gasteiger partial charge in [0.15, 0.2) is 0 Å². The first-order valence-electron chi connectivity index (χ1n) is 4.94. The van der Waals surface area contributed by atoms with E-state index in [0.717, 1.165) is 7.05 Å². The molecule has 6 heteroatoms. The molecular formula is C11H12F3NO2. The highest BCUT2D eigenvalue weighted by atomic mass is 19.4. The van der Waals surface area contributed by atoms with Crippen molar-refractivity contribution in [1.82, 2.24) is 0 Å². The van der Waals surface area contributed by atoms with Crippen LogP contribution in [-0.2, 0) is 4.74 Å². The van der Waals surface area contributed by atoms with Crippen LogP contribution in [0.25, 0.3) is 0 Å². The minimum atomic E-state index is -4.44. The quantitative estimate of drug-likeness (QED) is 0.607. The van der Waals surface area contributed by atoms with E-state index in [1.807, 2.05) is 0 Å². The lowest BCUT2D eigenvalue weighted by atomic mass is 10.2. The first-order chi connectivity index (χ1) is 7.86. The van der Waals surface area contributed by atoms with Crippen molar-refractivity contribution in [2.45, 2.75) is 13.2 Å². The Hall–Kier alpha value is -1.72. The molecule has 0 aromatic heterocycles. The van der Waals surface area contributed by atoms with E-state index in [0.29, 0.717) is 0 Å². The van der Waals surface area contributed by atoms with Crippen molar-refractivity contribution >= 4 is 11.7 Å². The average molecular weight is 247 g/mol. The lowest BCUT2D eigenvalue weighted by Crippen LogP contribution is -2.33. The summed E-state index contributed by atoms with van der Waals surface area (Å²) in [5.74, 6) is -0.547. The molecule has 0 radical (unpaired) electrons. The molecule has 0 N–H and O–H groups in total. The first kappa shape index (κ1) is 13.3. The zero-order valence-electron chi connectivity index (χ0n) is 9.41. The van der Waals surface area contributed by atoms with E-state index in [9.17, 15) is 18.0 Å². The normalized spacial score (nSPS) is 11.1. The Labute approximate surface area is 96.8 Å². The molecule has 0 atom stereocenters. The van der Waals surface area contributed by atoms with Crippen LogP contribution in [0, 0.1) is 0 Å². The summed E-state index contributed by atoms with van der Waals surface area (Å²) < 4.78 is 41.8. The fourth-order valence-electron chi connectivity index (χ4n) is 1.18. The second-order valence-electron chi connectivity index (χ2n) is 3.29. The predicted octanol–water partition coefficient (Wildman–Crippen LogP) is 2.82.